The van der Waals surface area contributed by atoms with E-state index in [-0.39, 0.29) is 43.2 Å². The summed E-state index contributed by atoms with van der Waals surface area (Å²) in [5.41, 5.74) is 1.36. The molecule has 2 aliphatic rings. The molecule has 33 heavy (non-hydrogen) atoms. The van der Waals surface area contributed by atoms with Crippen LogP contribution in [0.25, 0.3) is 11.5 Å². The third-order valence-electron chi connectivity index (χ3n) is 5.64. The number of carbonyl (C=O) groups is 1. The van der Waals surface area contributed by atoms with Crippen molar-refractivity contribution >= 4 is 17.5 Å². The molecule has 2 atom stereocenters. The molecule has 1 saturated heterocycles. The van der Waals surface area contributed by atoms with E-state index in [0.717, 1.165) is 17.7 Å². The van der Waals surface area contributed by atoms with E-state index in [4.69, 9.17) is 16.3 Å². The van der Waals surface area contributed by atoms with Crippen molar-refractivity contribution in [1.29, 1.82) is 0 Å². The first-order chi connectivity index (χ1) is 15.7. The zero-order valence-corrected chi connectivity index (χ0v) is 18.0. The molecule has 8 nitrogen and oxygen atoms in total. The Morgan fingerprint density at radius 3 is 2.85 bits per heavy atom. The number of amides is 1. The molecule has 0 unspecified atom stereocenters. The first-order valence-corrected chi connectivity index (χ1v) is 10.4. The van der Waals surface area contributed by atoms with Crippen LogP contribution < -0.4 is 4.74 Å². The fraction of sp³-hybridized carbons (Fsp3) is 0.333. The topological polar surface area (TPSA) is 82.4 Å². The number of aryl methyl sites for hydroxylation is 1. The number of ether oxygens (including phenoxy) is 2. The maximum Gasteiger partial charge on any atom is 0.573 e. The van der Waals surface area contributed by atoms with Gasteiger partial charge in [0, 0.05) is 18.8 Å². The molecule has 172 valence electrons. The number of pyridine rings is 1. The maximum atomic E-state index is 13.4. The number of morpholine rings is 1. The van der Waals surface area contributed by atoms with E-state index in [0.29, 0.717) is 16.4 Å². The SMILES string of the molecule is Cc1cccc(C(=O)N2[C@H]3COC[C@@H]2c2nnc(-c4cc(OC(F)(F)F)ccn4)n2C3)c1Cl. The van der Waals surface area contributed by atoms with Crippen molar-refractivity contribution in [3.63, 3.8) is 0 Å². The summed E-state index contributed by atoms with van der Waals surface area (Å²) in [5, 5.41) is 8.77. The minimum absolute atomic E-state index is 0.177. The lowest BCUT2D eigenvalue weighted by Crippen LogP contribution is -2.56. The van der Waals surface area contributed by atoms with Crippen LogP contribution in [0, 0.1) is 6.92 Å². The normalized spacial score (nSPS) is 19.8. The van der Waals surface area contributed by atoms with E-state index in [1.165, 1.54) is 6.20 Å². The Bertz CT molecular complexity index is 1230. The van der Waals surface area contributed by atoms with E-state index in [1.807, 2.05) is 13.0 Å². The van der Waals surface area contributed by atoms with Gasteiger partial charge in [-0.1, -0.05) is 23.7 Å². The van der Waals surface area contributed by atoms with Crippen molar-refractivity contribution in [2.45, 2.75) is 31.9 Å². The van der Waals surface area contributed by atoms with Crippen LogP contribution in [-0.2, 0) is 11.3 Å². The van der Waals surface area contributed by atoms with Crippen LogP contribution in [0.15, 0.2) is 36.5 Å². The number of aromatic nitrogens is 4. The van der Waals surface area contributed by atoms with Crippen molar-refractivity contribution in [2.75, 3.05) is 13.2 Å². The predicted molar refractivity (Wildman–Crippen MR) is 110 cm³/mol. The van der Waals surface area contributed by atoms with Crippen molar-refractivity contribution in [3.05, 3.63) is 58.5 Å². The Morgan fingerprint density at radius 2 is 2.06 bits per heavy atom. The quantitative estimate of drug-likeness (QED) is 0.568. The van der Waals surface area contributed by atoms with Gasteiger partial charge < -0.3 is 18.9 Å². The van der Waals surface area contributed by atoms with Crippen LogP contribution in [0.4, 0.5) is 13.2 Å². The largest absolute Gasteiger partial charge is 0.573 e. The standard InChI is InChI=1S/C21H17ClF3N5O3/c1-11-3-2-4-14(17(11)22)20(31)30-12-8-29-18(27-28-19(29)16(30)10-32-9-12)15-7-13(5-6-26-15)33-21(23,24)25/h2-7,12,16H,8-10H2,1H3/t12-,16-/m1/s1. The predicted octanol–water partition coefficient (Wildman–Crippen LogP) is 3.80. The minimum Gasteiger partial charge on any atom is -0.406 e. The Balaban J connectivity index is 1.51. The molecule has 0 saturated carbocycles. The van der Waals surface area contributed by atoms with E-state index in [2.05, 4.69) is 19.9 Å². The van der Waals surface area contributed by atoms with Gasteiger partial charge in [0.15, 0.2) is 11.6 Å². The van der Waals surface area contributed by atoms with Gasteiger partial charge in [0.1, 0.15) is 17.5 Å². The number of fused-ring (bicyclic) bond motifs is 4. The van der Waals surface area contributed by atoms with Gasteiger partial charge in [-0.2, -0.15) is 0 Å². The van der Waals surface area contributed by atoms with Gasteiger partial charge in [0.2, 0.25) is 0 Å². The molecule has 0 aliphatic carbocycles. The monoisotopic (exact) mass is 479 g/mol. The zero-order chi connectivity index (χ0) is 23.3. The summed E-state index contributed by atoms with van der Waals surface area (Å²) >= 11 is 6.40. The number of halogens is 4. The molecule has 2 aromatic heterocycles. The summed E-state index contributed by atoms with van der Waals surface area (Å²) in [6, 6.07) is 6.66. The van der Waals surface area contributed by atoms with Crippen molar-refractivity contribution in [3.8, 4) is 17.3 Å². The van der Waals surface area contributed by atoms with Gasteiger partial charge in [-0.05, 0) is 24.6 Å². The lowest BCUT2D eigenvalue weighted by atomic mass is 10.0. The first kappa shape index (κ1) is 21.7. The first-order valence-electron chi connectivity index (χ1n) is 10.0. The lowest BCUT2D eigenvalue weighted by Gasteiger charge is -2.45. The number of hydrogen-bond donors (Lipinski definition) is 0. The highest BCUT2D eigenvalue weighted by Gasteiger charge is 2.44. The third kappa shape index (κ3) is 3.91. The smallest absolute Gasteiger partial charge is 0.406 e. The number of nitrogens with zero attached hydrogens (tertiary/aromatic N) is 5. The van der Waals surface area contributed by atoms with E-state index in [1.54, 1.807) is 21.6 Å². The fourth-order valence-electron chi connectivity index (χ4n) is 4.20. The second kappa shape index (κ2) is 7.99. The van der Waals surface area contributed by atoms with Crippen LogP contribution in [0.2, 0.25) is 5.02 Å². The highest BCUT2D eigenvalue weighted by molar-refractivity contribution is 6.34. The Labute approximate surface area is 190 Å². The van der Waals surface area contributed by atoms with Crippen molar-refractivity contribution < 1.29 is 27.4 Å². The van der Waals surface area contributed by atoms with Crippen molar-refractivity contribution in [2.24, 2.45) is 0 Å². The number of hydrogen-bond acceptors (Lipinski definition) is 6. The summed E-state index contributed by atoms with van der Waals surface area (Å²) in [5.74, 6) is 0.101. The number of carbonyl (C=O) groups excluding carboxylic acids is 1. The second-order valence-corrected chi connectivity index (χ2v) is 8.15. The molecule has 3 aromatic rings. The summed E-state index contributed by atoms with van der Waals surface area (Å²) in [6.07, 6.45) is -3.62. The maximum absolute atomic E-state index is 13.4. The summed E-state index contributed by atoms with van der Waals surface area (Å²) in [7, 11) is 0. The third-order valence-corrected chi connectivity index (χ3v) is 6.14. The van der Waals surface area contributed by atoms with Gasteiger partial charge in [-0.15, -0.1) is 23.4 Å². The molecular formula is C21H17ClF3N5O3. The van der Waals surface area contributed by atoms with Gasteiger partial charge in [-0.25, -0.2) is 0 Å². The van der Waals surface area contributed by atoms with E-state index < -0.39 is 18.2 Å². The van der Waals surface area contributed by atoms with Gasteiger partial charge in [0.05, 0.1) is 29.8 Å². The molecule has 5 rings (SSSR count). The van der Waals surface area contributed by atoms with Crippen LogP contribution >= 0.6 is 11.6 Å². The minimum atomic E-state index is -4.82. The molecule has 1 fully saturated rings. The lowest BCUT2D eigenvalue weighted by molar-refractivity contribution is -0.274. The average molecular weight is 480 g/mol. The van der Waals surface area contributed by atoms with Gasteiger partial charge in [-0.3, -0.25) is 9.78 Å². The molecule has 2 aliphatic heterocycles. The zero-order valence-electron chi connectivity index (χ0n) is 17.2. The van der Waals surface area contributed by atoms with Crippen LogP contribution in [0.5, 0.6) is 5.75 Å². The highest BCUT2D eigenvalue weighted by Crippen LogP contribution is 2.37. The molecule has 4 heterocycles. The number of rotatable bonds is 3. The van der Waals surface area contributed by atoms with Gasteiger partial charge >= 0.3 is 6.36 Å². The molecule has 0 spiro atoms. The summed E-state index contributed by atoms with van der Waals surface area (Å²) in [4.78, 5) is 19.3. The Kier molecular flexibility index (Phi) is 5.25. The second-order valence-electron chi connectivity index (χ2n) is 7.77. The summed E-state index contributed by atoms with van der Waals surface area (Å²) in [6.45, 7) is 2.60. The average Bonchev–Trinajstić information content (AvgIpc) is 3.17. The highest BCUT2D eigenvalue weighted by atomic mass is 35.5. The molecule has 0 N–H and O–H groups in total. The van der Waals surface area contributed by atoms with E-state index >= 15 is 0 Å². The Hall–Kier alpha value is -3.18. The molecular weight excluding hydrogens is 463 g/mol. The summed E-state index contributed by atoms with van der Waals surface area (Å²) < 4.78 is 49.3. The number of alkyl halides is 3. The van der Waals surface area contributed by atoms with Crippen molar-refractivity contribution in [1.82, 2.24) is 24.6 Å². The van der Waals surface area contributed by atoms with Crippen LogP contribution in [-0.4, -0.2) is 56.2 Å². The molecule has 12 heteroatoms. The van der Waals surface area contributed by atoms with Crippen LogP contribution in [0.3, 0.4) is 0 Å². The molecule has 1 aromatic carbocycles. The molecule has 2 bridgehead atoms. The Morgan fingerprint density at radius 1 is 1.24 bits per heavy atom. The molecule has 1 amide bonds. The molecule has 0 radical (unpaired) electrons. The fourth-order valence-corrected chi connectivity index (χ4v) is 4.41. The number of benzene rings is 1. The van der Waals surface area contributed by atoms with Crippen LogP contribution in [0.1, 0.15) is 27.8 Å². The van der Waals surface area contributed by atoms with Gasteiger partial charge in [0.25, 0.3) is 5.91 Å². The van der Waals surface area contributed by atoms with E-state index in [9.17, 15) is 18.0 Å².